The van der Waals surface area contributed by atoms with Crippen LogP contribution in [0.15, 0.2) is 0 Å². The van der Waals surface area contributed by atoms with Crippen LogP contribution in [0.25, 0.3) is 0 Å². The lowest BCUT2D eigenvalue weighted by Crippen LogP contribution is -1.95. The maximum atomic E-state index is 7.20. The molecule has 2 N–H and O–H groups in total. The first-order valence-electron chi connectivity index (χ1n) is 2.80. The number of rotatable bonds is 1. The molecule has 0 aliphatic heterocycles. The van der Waals surface area contributed by atoms with E-state index in [1.54, 1.807) is 6.92 Å². The summed E-state index contributed by atoms with van der Waals surface area (Å²) in [4.78, 5) is 2.87. The van der Waals surface area contributed by atoms with E-state index in [1.807, 2.05) is 6.92 Å². The Kier molecular flexibility index (Phi) is 1.48. The molecule has 1 radical (unpaired) electrons. The molecule has 1 heterocycles. The van der Waals surface area contributed by atoms with E-state index in [4.69, 9.17) is 5.73 Å². The number of nitrogens with zero attached hydrogens (tertiary/aromatic N) is 2. The third-order valence-electron chi connectivity index (χ3n) is 1.03. The highest BCUT2D eigenvalue weighted by Gasteiger charge is 2.02. The van der Waals surface area contributed by atoms with Crippen LogP contribution in [0, 0.1) is 6.92 Å². The highest BCUT2D eigenvalue weighted by atomic mass is 15.2. The molecule has 1 rings (SSSR count). The molecule has 0 amide bonds. The van der Waals surface area contributed by atoms with Crippen molar-refractivity contribution >= 4 is 0 Å². The van der Waals surface area contributed by atoms with Gasteiger partial charge in [0.05, 0.1) is 6.04 Å². The van der Waals surface area contributed by atoms with Gasteiger partial charge in [-0.15, -0.1) is 10.2 Å². The summed E-state index contributed by atoms with van der Waals surface area (Å²) in [5.41, 5.74) is 7.20. The molecule has 0 saturated carbocycles. The zero-order valence-corrected chi connectivity index (χ0v) is 5.47. The van der Waals surface area contributed by atoms with Gasteiger partial charge in [0.1, 0.15) is 11.6 Å². The zero-order valence-electron chi connectivity index (χ0n) is 5.47. The van der Waals surface area contributed by atoms with Crippen LogP contribution in [-0.4, -0.2) is 15.2 Å². The second-order valence-corrected chi connectivity index (χ2v) is 2.02. The van der Waals surface area contributed by atoms with E-state index in [9.17, 15) is 0 Å². The van der Waals surface area contributed by atoms with Crippen molar-refractivity contribution in [1.29, 1.82) is 0 Å². The minimum atomic E-state index is -0.300. The summed E-state index contributed by atoms with van der Waals surface area (Å²) in [7, 11) is 0. The number of aromatic nitrogens is 3. The van der Waals surface area contributed by atoms with E-state index >= 15 is 0 Å². The molecule has 0 bridgehead atoms. The Morgan fingerprint density at radius 3 is 2.44 bits per heavy atom. The van der Waals surface area contributed by atoms with Crippen molar-refractivity contribution in [3.05, 3.63) is 11.6 Å². The SMILES string of the molecule is Cc1nnc(C(C)[NH])[nH]1. The first kappa shape index (κ1) is 6.22. The summed E-state index contributed by atoms with van der Waals surface area (Å²) in [6.07, 6.45) is 0. The number of nitrogens with one attached hydrogen (secondary N) is 2. The topological polar surface area (TPSA) is 65.4 Å². The number of aromatic amines is 1. The average molecular weight is 125 g/mol. The van der Waals surface area contributed by atoms with E-state index in [1.165, 1.54) is 0 Å². The van der Waals surface area contributed by atoms with Crippen molar-refractivity contribution in [1.82, 2.24) is 20.9 Å². The lowest BCUT2D eigenvalue weighted by atomic mass is 10.3. The van der Waals surface area contributed by atoms with Crippen molar-refractivity contribution in [2.45, 2.75) is 19.9 Å². The van der Waals surface area contributed by atoms with Crippen molar-refractivity contribution in [2.24, 2.45) is 0 Å². The normalized spacial score (nSPS) is 13.7. The fourth-order valence-electron chi connectivity index (χ4n) is 0.559. The monoisotopic (exact) mass is 125 g/mol. The maximum absolute atomic E-state index is 7.20. The summed E-state index contributed by atoms with van der Waals surface area (Å²) in [5.74, 6) is 1.40. The van der Waals surface area contributed by atoms with Gasteiger partial charge in [-0.1, -0.05) is 0 Å². The van der Waals surface area contributed by atoms with Gasteiger partial charge in [0.25, 0.3) is 0 Å². The Balaban J connectivity index is 2.85. The van der Waals surface area contributed by atoms with Gasteiger partial charge in [-0.3, -0.25) is 0 Å². The summed E-state index contributed by atoms with van der Waals surface area (Å²) in [6.45, 7) is 3.57. The highest BCUT2D eigenvalue weighted by molar-refractivity contribution is 4.91. The molecule has 1 atom stereocenters. The number of H-pyrrole nitrogens is 1. The second kappa shape index (κ2) is 2.14. The molecule has 0 saturated heterocycles. The predicted octanol–water partition coefficient (Wildman–Crippen LogP) is 0.457. The molecule has 9 heavy (non-hydrogen) atoms. The van der Waals surface area contributed by atoms with Gasteiger partial charge in [0.15, 0.2) is 0 Å². The standard InChI is InChI=1S/C5H9N4/c1-3(6)5-7-4(2)8-9-5/h3,6H,1-2H3,(H,7,8,9). The molecule has 1 unspecified atom stereocenters. The highest BCUT2D eigenvalue weighted by Crippen LogP contribution is 2.01. The van der Waals surface area contributed by atoms with Gasteiger partial charge < -0.3 is 4.98 Å². The molecule has 1 aromatic heterocycles. The van der Waals surface area contributed by atoms with Crippen LogP contribution in [0.3, 0.4) is 0 Å². The van der Waals surface area contributed by atoms with Crippen molar-refractivity contribution in [2.75, 3.05) is 0 Å². The molecule has 4 heteroatoms. The molecule has 49 valence electrons. The summed E-state index contributed by atoms with van der Waals surface area (Å²) in [5, 5.41) is 7.43. The molecule has 0 aromatic carbocycles. The first-order chi connectivity index (χ1) is 4.20. The van der Waals surface area contributed by atoms with E-state index in [0.29, 0.717) is 5.82 Å². The minimum absolute atomic E-state index is 0.300. The largest absolute Gasteiger partial charge is 0.328 e. The van der Waals surface area contributed by atoms with Crippen LogP contribution >= 0.6 is 0 Å². The number of aryl methyl sites for hydroxylation is 1. The van der Waals surface area contributed by atoms with Crippen LogP contribution < -0.4 is 5.73 Å². The summed E-state index contributed by atoms with van der Waals surface area (Å²) in [6, 6.07) is -0.300. The van der Waals surface area contributed by atoms with Crippen LogP contribution in [0.1, 0.15) is 24.6 Å². The fourth-order valence-corrected chi connectivity index (χ4v) is 0.559. The van der Waals surface area contributed by atoms with Gasteiger partial charge in [-0.05, 0) is 13.8 Å². The van der Waals surface area contributed by atoms with Crippen LogP contribution in [0.4, 0.5) is 0 Å². The van der Waals surface area contributed by atoms with Gasteiger partial charge in [0, 0.05) is 0 Å². The average Bonchev–Trinajstić information content (AvgIpc) is 2.14. The van der Waals surface area contributed by atoms with Crippen LogP contribution in [0.2, 0.25) is 0 Å². The van der Waals surface area contributed by atoms with Crippen molar-refractivity contribution in [3.63, 3.8) is 0 Å². The minimum Gasteiger partial charge on any atom is -0.328 e. The van der Waals surface area contributed by atoms with Crippen molar-refractivity contribution < 1.29 is 0 Å². The van der Waals surface area contributed by atoms with Gasteiger partial charge in [-0.2, -0.15) is 0 Å². The molecule has 0 aliphatic carbocycles. The lowest BCUT2D eigenvalue weighted by Gasteiger charge is -1.93. The van der Waals surface area contributed by atoms with E-state index in [0.717, 1.165) is 5.82 Å². The van der Waals surface area contributed by atoms with Gasteiger partial charge in [0.2, 0.25) is 0 Å². The number of hydrogen-bond acceptors (Lipinski definition) is 2. The predicted molar refractivity (Wildman–Crippen MR) is 32.6 cm³/mol. The van der Waals surface area contributed by atoms with Gasteiger partial charge in [-0.25, -0.2) is 5.73 Å². The van der Waals surface area contributed by atoms with Crippen molar-refractivity contribution in [3.8, 4) is 0 Å². The fraction of sp³-hybridized carbons (Fsp3) is 0.600. The summed E-state index contributed by atoms with van der Waals surface area (Å²) < 4.78 is 0. The third-order valence-corrected chi connectivity index (χ3v) is 1.03. The summed E-state index contributed by atoms with van der Waals surface area (Å²) >= 11 is 0. The second-order valence-electron chi connectivity index (χ2n) is 2.02. The van der Waals surface area contributed by atoms with Gasteiger partial charge >= 0.3 is 0 Å². The third kappa shape index (κ3) is 1.26. The maximum Gasteiger partial charge on any atom is 0.148 e. The molecule has 1 aromatic rings. The van der Waals surface area contributed by atoms with Crippen LogP contribution in [0.5, 0.6) is 0 Å². The Bertz CT molecular complexity index is 191. The molecule has 0 fully saturated rings. The Morgan fingerprint density at radius 2 is 2.22 bits per heavy atom. The van der Waals surface area contributed by atoms with E-state index < -0.39 is 0 Å². The Hall–Kier alpha value is -0.900. The molecular formula is C5H9N4. The molecule has 4 nitrogen and oxygen atoms in total. The van der Waals surface area contributed by atoms with E-state index in [2.05, 4.69) is 15.2 Å². The molecular weight excluding hydrogens is 116 g/mol. The smallest absolute Gasteiger partial charge is 0.148 e. The number of hydrogen-bond donors (Lipinski definition) is 1. The Morgan fingerprint density at radius 1 is 1.56 bits per heavy atom. The molecule has 0 aliphatic rings. The molecule has 0 spiro atoms. The van der Waals surface area contributed by atoms with E-state index in [-0.39, 0.29) is 6.04 Å². The lowest BCUT2D eigenvalue weighted by molar-refractivity contribution is 0.721. The zero-order chi connectivity index (χ0) is 6.85. The quantitative estimate of drug-likeness (QED) is 0.592. The van der Waals surface area contributed by atoms with Crippen LogP contribution in [-0.2, 0) is 0 Å². The Labute approximate surface area is 53.5 Å². The first-order valence-corrected chi connectivity index (χ1v) is 2.80.